The third kappa shape index (κ3) is 4.68. The summed E-state index contributed by atoms with van der Waals surface area (Å²) in [5, 5.41) is 13.3. The molecule has 158 valence electrons. The van der Waals surface area contributed by atoms with Crippen LogP contribution in [0.5, 0.6) is 0 Å². The predicted molar refractivity (Wildman–Crippen MR) is 122 cm³/mol. The molecule has 31 heavy (non-hydrogen) atoms. The normalized spacial score (nSPS) is 12.0. The molecule has 0 aliphatic rings. The fraction of sp³-hybridized carbons (Fsp3) is 0.167. The zero-order valence-corrected chi connectivity index (χ0v) is 17.7. The van der Waals surface area contributed by atoms with E-state index in [0.717, 1.165) is 21.3 Å². The highest BCUT2D eigenvalue weighted by Gasteiger charge is 2.22. The Bertz CT molecular complexity index is 1190. The lowest BCUT2D eigenvalue weighted by Crippen LogP contribution is -2.36. The largest absolute Gasteiger partial charge is 0.386 e. The van der Waals surface area contributed by atoms with Gasteiger partial charge in [-0.1, -0.05) is 54.6 Å². The van der Waals surface area contributed by atoms with E-state index in [0.29, 0.717) is 12.1 Å². The van der Waals surface area contributed by atoms with Crippen molar-refractivity contribution >= 4 is 34.1 Å². The van der Waals surface area contributed by atoms with Gasteiger partial charge >= 0.3 is 0 Å². The number of rotatable bonds is 8. The molecule has 1 atom stereocenters. The fourth-order valence-electron chi connectivity index (χ4n) is 3.66. The van der Waals surface area contributed by atoms with Gasteiger partial charge in [0.05, 0.1) is 12.1 Å². The van der Waals surface area contributed by atoms with Crippen LogP contribution >= 0.6 is 11.3 Å². The standard InChI is InChI=1S/C24H23N3O3S/c25-24(30)19-14-26(20-10-5-4-9-18(19)20)16-23(29)27(13-17-7-2-1-3-8-17)15-21(28)22-11-6-12-31-22/h1-12,14,21,28H,13,15-16H2,(H2,25,30). The maximum atomic E-state index is 13.3. The first-order valence-electron chi connectivity index (χ1n) is 9.94. The van der Waals surface area contributed by atoms with Crippen LogP contribution in [0.2, 0.25) is 0 Å². The van der Waals surface area contributed by atoms with E-state index in [1.54, 1.807) is 15.7 Å². The molecule has 1 unspecified atom stereocenters. The molecule has 0 aliphatic heterocycles. The first kappa shape index (κ1) is 20.8. The van der Waals surface area contributed by atoms with E-state index in [4.69, 9.17) is 5.73 Å². The maximum Gasteiger partial charge on any atom is 0.250 e. The summed E-state index contributed by atoms with van der Waals surface area (Å²) in [4.78, 5) is 27.6. The molecular weight excluding hydrogens is 410 g/mol. The van der Waals surface area contributed by atoms with E-state index in [2.05, 4.69) is 0 Å². The number of aliphatic hydroxyl groups is 1. The van der Waals surface area contributed by atoms with Gasteiger partial charge in [-0.05, 0) is 23.1 Å². The van der Waals surface area contributed by atoms with Gasteiger partial charge in [-0.2, -0.15) is 0 Å². The Morgan fingerprint density at radius 2 is 1.77 bits per heavy atom. The number of carbonyl (C=O) groups is 2. The predicted octanol–water partition coefficient (Wildman–Crippen LogP) is 3.56. The second-order valence-corrected chi connectivity index (χ2v) is 8.32. The molecule has 4 rings (SSSR count). The van der Waals surface area contributed by atoms with Crippen molar-refractivity contribution < 1.29 is 14.7 Å². The summed E-state index contributed by atoms with van der Waals surface area (Å²) in [7, 11) is 0. The number of fused-ring (bicyclic) bond motifs is 1. The molecule has 0 radical (unpaired) electrons. The Morgan fingerprint density at radius 3 is 2.48 bits per heavy atom. The van der Waals surface area contributed by atoms with Gasteiger partial charge in [-0.25, -0.2) is 0 Å². The lowest BCUT2D eigenvalue weighted by molar-refractivity contribution is -0.133. The quantitative estimate of drug-likeness (QED) is 0.445. The molecule has 6 nitrogen and oxygen atoms in total. The molecule has 4 aromatic rings. The van der Waals surface area contributed by atoms with Crippen molar-refractivity contribution in [3.63, 3.8) is 0 Å². The van der Waals surface area contributed by atoms with Gasteiger partial charge in [0.15, 0.2) is 0 Å². The molecule has 0 fully saturated rings. The number of nitrogens with zero attached hydrogens (tertiary/aromatic N) is 2. The highest BCUT2D eigenvalue weighted by Crippen LogP contribution is 2.23. The molecule has 7 heteroatoms. The molecule has 2 aromatic carbocycles. The summed E-state index contributed by atoms with van der Waals surface area (Å²) < 4.78 is 1.74. The molecular formula is C24H23N3O3S. The minimum Gasteiger partial charge on any atom is -0.386 e. The van der Waals surface area contributed by atoms with Gasteiger partial charge in [0, 0.05) is 28.5 Å². The monoisotopic (exact) mass is 433 g/mol. The first-order valence-corrected chi connectivity index (χ1v) is 10.8. The number of benzene rings is 2. The van der Waals surface area contributed by atoms with Crippen molar-refractivity contribution in [2.24, 2.45) is 5.73 Å². The van der Waals surface area contributed by atoms with E-state index >= 15 is 0 Å². The Balaban J connectivity index is 1.61. The molecule has 0 aliphatic carbocycles. The topological polar surface area (TPSA) is 88.6 Å². The minimum absolute atomic E-state index is 0.0395. The summed E-state index contributed by atoms with van der Waals surface area (Å²) in [5.74, 6) is -0.687. The smallest absolute Gasteiger partial charge is 0.250 e. The van der Waals surface area contributed by atoms with Crippen molar-refractivity contribution in [3.8, 4) is 0 Å². The molecule has 0 saturated heterocycles. The summed E-state index contributed by atoms with van der Waals surface area (Å²) in [6, 6.07) is 20.8. The van der Waals surface area contributed by atoms with Crippen LogP contribution in [0, 0.1) is 0 Å². The molecule has 0 saturated carbocycles. The van der Waals surface area contributed by atoms with E-state index in [9.17, 15) is 14.7 Å². The van der Waals surface area contributed by atoms with Gasteiger partial charge in [0.1, 0.15) is 12.6 Å². The lowest BCUT2D eigenvalue weighted by atomic mass is 10.2. The molecule has 2 heterocycles. The SMILES string of the molecule is NC(=O)c1cn(CC(=O)N(Cc2ccccc2)CC(O)c2cccs2)c2ccccc12. The third-order valence-corrected chi connectivity index (χ3v) is 6.17. The lowest BCUT2D eigenvalue weighted by Gasteiger charge is -2.25. The average Bonchev–Trinajstić information content (AvgIpc) is 3.43. The minimum atomic E-state index is -0.768. The summed E-state index contributed by atoms with van der Waals surface area (Å²) in [5.41, 5.74) is 7.66. The van der Waals surface area contributed by atoms with Gasteiger partial charge in [-0.15, -0.1) is 11.3 Å². The molecule has 3 N–H and O–H groups in total. The Hall–Kier alpha value is -3.42. The molecule has 0 spiro atoms. The van der Waals surface area contributed by atoms with E-state index in [-0.39, 0.29) is 19.0 Å². The number of aliphatic hydroxyl groups excluding tert-OH is 1. The number of primary amides is 1. The van der Waals surface area contributed by atoms with E-state index < -0.39 is 12.0 Å². The summed E-state index contributed by atoms with van der Waals surface area (Å²) in [6.45, 7) is 0.595. The summed E-state index contributed by atoms with van der Waals surface area (Å²) in [6.07, 6.45) is 0.858. The Kier molecular flexibility index (Phi) is 6.16. The van der Waals surface area contributed by atoms with Gasteiger partial charge in [0.2, 0.25) is 5.91 Å². The molecule has 0 bridgehead atoms. The average molecular weight is 434 g/mol. The molecule has 2 aromatic heterocycles. The van der Waals surface area contributed by atoms with Crippen LogP contribution in [-0.4, -0.2) is 32.9 Å². The van der Waals surface area contributed by atoms with Crippen molar-refractivity contribution in [2.75, 3.05) is 6.54 Å². The first-order chi connectivity index (χ1) is 15.0. The number of thiophene rings is 1. The van der Waals surface area contributed by atoms with E-state index in [1.807, 2.05) is 72.1 Å². The van der Waals surface area contributed by atoms with Crippen molar-refractivity contribution in [1.82, 2.24) is 9.47 Å². The Labute approximate surface area is 184 Å². The molecule has 2 amide bonds. The van der Waals surface area contributed by atoms with Gasteiger partial charge in [0.25, 0.3) is 5.91 Å². The number of nitrogens with two attached hydrogens (primary N) is 1. The summed E-state index contributed by atoms with van der Waals surface area (Å²) >= 11 is 1.46. The zero-order chi connectivity index (χ0) is 21.8. The number of aromatic nitrogens is 1. The highest BCUT2D eigenvalue weighted by molar-refractivity contribution is 7.10. The van der Waals surface area contributed by atoms with Crippen LogP contribution in [0.15, 0.2) is 78.3 Å². The van der Waals surface area contributed by atoms with Crippen molar-refractivity contribution in [3.05, 3.63) is 94.3 Å². The van der Waals surface area contributed by atoms with Crippen LogP contribution in [-0.2, 0) is 17.9 Å². The number of amides is 2. The van der Waals surface area contributed by atoms with Crippen LogP contribution in [0.25, 0.3) is 10.9 Å². The zero-order valence-electron chi connectivity index (χ0n) is 16.8. The van der Waals surface area contributed by atoms with Crippen LogP contribution in [0.1, 0.15) is 26.9 Å². The fourth-order valence-corrected chi connectivity index (χ4v) is 4.36. The van der Waals surface area contributed by atoms with Crippen LogP contribution in [0.4, 0.5) is 0 Å². The van der Waals surface area contributed by atoms with Gasteiger partial charge < -0.3 is 20.3 Å². The van der Waals surface area contributed by atoms with Crippen LogP contribution in [0.3, 0.4) is 0 Å². The van der Waals surface area contributed by atoms with Crippen LogP contribution < -0.4 is 5.73 Å². The number of hydrogen-bond donors (Lipinski definition) is 2. The van der Waals surface area contributed by atoms with Gasteiger partial charge in [-0.3, -0.25) is 9.59 Å². The highest BCUT2D eigenvalue weighted by atomic mass is 32.1. The van der Waals surface area contributed by atoms with Crippen molar-refractivity contribution in [2.45, 2.75) is 19.2 Å². The Morgan fingerprint density at radius 1 is 1.03 bits per heavy atom. The van der Waals surface area contributed by atoms with E-state index in [1.165, 1.54) is 11.3 Å². The number of carbonyl (C=O) groups excluding carboxylic acids is 2. The third-order valence-electron chi connectivity index (χ3n) is 5.19. The second-order valence-electron chi connectivity index (χ2n) is 7.34. The maximum absolute atomic E-state index is 13.3. The van der Waals surface area contributed by atoms with Crippen molar-refractivity contribution in [1.29, 1.82) is 0 Å². The number of para-hydroxylation sites is 1. The second kappa shape index (κ2) is 9.16. The number of hydrogen-bond acceptors (Lipinski definition) is 4.